The van der Waals surface area contributed by atoms with Crippen LogP contribution in [0.15, 0.2) is 29.2 Å². The molecule has 0 aliphatic carbocycles. The van der Waals surface area contributed by atoms with Crippen LogP contribution in [0.2, 0.25) is 10.0 Å². The first-order valence-electron chi connectivity index (χ1n) is 8.32. The molecule has 1 aromatic heterocycles. The van der Waals surface area contributed by atoms with Crippen LogP contribution in [0.4, 0.5) is 5.69 Å². The second-order valence-electron chi connectivity index (χ2n) is 6.32. The highest BCUT2D eigenvalue weighted by molar-refractivity contribution is 7.89. The first kappa shape index (κ1) is 19.9. The van der Waals surface area contributed by atoms with Crippen LogP contribution in [-0.4, -0.2) is 43.9 Å². The fourth-order valence-corrected chi connectivity index (χ4v) is 4.96. The molecule has 142 valence electrons. The monoisotopic (exact) mass is 424 g/mol. The van der Waals surface area contributed by atoms with Crippen LogP contribution in [0.5, 0.6) is 0 Å². The molecule has 0 radical (unpaired) electrons. The molecule has 0 atom stereocenters. The molecule has 0 spiro atoms. The lowest BCUT2D eigenvalue weighted by Gasteiger charge is -2.36. The molecular weight excluding hydrogens is 407 g/mol. The first-order chi connectivity index (χ1) is 12.7. The highest BCUT2D eigenvalue weighted by Crippen LogP contribution is 2.29. The van der Waals surface area contributed by atoms with E-state index in [0.717, 1.165) is 11.4 Å². The fraction of sp³-hybridized carbons (Fsp3) is 0.333. The van der Waals surface area contributed by atoms with Gasteiger partial charge in [-0.3, -0.25) is 4.98 Å². The van der Waals surface area contributed by atoms with Crippen molar-refractivity contribution in [1.82, 2.24) is 9.29 Å². The number of halogens is 2. The lowest BCUT2D eigenvalue weighted by molar-refractivity contribution is 0.385. The summed E-state index contributed by atoms with van der Waals surface area (Å²) in [6.45, 7) is 5.28. The molecule has 6 nitrogen and oxygen atoms in total. The number of benzene rings is 1. The van der Waals surface area contributed by atoms with Crippen molar-refractivity contribution in [2.75, 3.05) is 31.1 Å². The third-order valence-electron chi connectivity index (χ3n) is 4.53. The summed E-state index contributed by atoms with van der Waals surface area (Å²) in [6.07, 6.45) is 0. The molecule has 1 fully saturated rings. The largest absolute Gasteiger partial charge is 0.368 e. The normalized spacial score (nSPS) is 15.6. The van der Waals surface area contributed by atoms with E-state index in [-0.39, 0.29) is 9.92 Å². The van der Waals surface area contributed by atoms with Crippen molar-refractivity contribution in [1.29, 1.82) is 5.26 Å². The van der Waals surface area contributed by atoms with Gasteiger partial charge in [-0.25, -0.2) is 8.42 Å². The molecule has 0 unspecified atom stereocenters. The standard InChI is InChI=1S/C18H18Cl2N4O2S/c1-12-9-18(15(11-21)13(2)22-12)23-5-7-24(8-6-23)27(25,26)14-3-4-16(19)17(20)10-14/h3-4,9-10H,5-8H2,1-2H3. The molecule has 0 N–H and O–H groups in total. The van der Waals surface area contributed by atoms with Gasteiger partial charge in [-0.1, -0.05) is 23.2 Å². The van der Waals surface area contributed by atoms with E-state index in [1.54, 1.807) is 6.92 Å². The minimum absolute atomic E-state index is 0.124. The number of hydrogen-bond acceptors (Lipinski definition) is 5. The Morgan fingerprint density at radius 3 is 2.33 bits per heavy atom. The predicted octanol–water partition coefficient (Wildman–Crippen LogP) is 3.39. The van der Waals surface area contributed by atoms with Gasteiger partial charge in [0.05, 0.1) is 31.9 Å². The Labute approximate surface area is 169 Å². The lowest BCUT2D eigenvalue weighted by Crippen LogP contribution is -2.49. The Bertz CT molecular complexity index is 1030. The number of nitrogens with zero attached hydrogens (tertiary/aromatic N) is 4. The van der Waals surface area contributed by atoms with E-state index in [9.17, 15) is 13.7 Å². The summed E-state index contributed by atoms with van der Waals surface area (Å²) in [4.78, 5) is 6.48. The maximum absolute atomic E-state index is 12.9. The molecule has 2 aromatic rings. The van der Waals surface area contributed by atoms with Gasteiger partial charge in [-0.05, 0) is 38.1 Å². The van der Waals surface area contributed by atoms with Crippen LogP contribution in [0, 0.1) is 25.2 Å². The van der Waals surface area contributed by atoms with Gasteiger partial charge in [0.2, 0.25) is 10.0 Å². The average molecular weight is 425 g/mol. The number of piperazine rings is 1. The second kappa shape index (κ2) is 7.64. The average Bonchev–Trinajstić information content (AvgIpc) is 2.63. The number of aryl methyl sites for hydroxylation is 2. The molecule has 1 saturated heterocycles. The van der Waals surface area contributed by atoms with Crippen LogP contribution >= 0.6 is 23.2 Å². The van der Waals surface area contributed by atoms with E-state index < -0.39 is 10.0 Å². The first-order valence-corrected chi connectivity index (χ1v) is 10.5. The molecule has 9 heteroatoms. The number of hydrogen-bond donors (Lipinski definition) is 0. The summed E-state index contributed by atoms with van der Waals surface area (Å²) in [7, 11) is -3.65. The molecule has 3 rings (SSSR count). The summed E-state index contributed by atoms with van der Waals surface area (Å²) in [5.41, 5.74) is 2.83. The van der Waals surface area contributed by atoms with Crippen LogP contribution < -0.4 is 4.90 Å². The molecule has 2 heterocycles. The molecule has 1 aliphatic rings. The van der Waals surface area contributed by atoms with E-state index in [1.807, 2.05) is 17.9 Å². The van der Waals surface area contributed by atoms with Gasteiger partial charge in [-0.2, -0.15) is 9.57 Å². The lowest BCUT2D eigenvalue weighted by atomic mass is 10.1. The number of aromatic nitrogens is 1. The highest BCUT2D eigenvalue weighted by Gasteiger charge is 2.30. The number of anilines is 1. The summed E-state index contributed by atoms with van der Waals surface area (Å²) in [6, 6.07) is 8.38. The molecule has 27 heavy (non-hydrogen) atoms. The van der Waals surface area contributed by atoms with Gasteiger partial charge in [0.1, 0.15) is 6.07 Å². The number of sulfonamides is 1. The van der Waals surface area contributed by atoms with E-state index in [0.29, 0.717) is 42.5 Å². The van der Waals surface area contributed by atoms with Gasteiger partial charge in [0, 0.05) is 31.9 Å². The molecule has 0 bridgehead atoms. The van der Waals surface area contributed by atoms with Crippen LogP contribution in [0.25, 0.3) is 0 Å². The summed E-state index contributed by atoms with van der Waals surface area (Å²) >= 11 is 11.8. The van der Waals surface area contributed by atoms with Crippen molar-refractivity contribution in [3.63, 3.8) is 0 Å². The molecule has 0 amide bonds. The zero-order valence-corrected chi connectivity index (χ0v) is 17.2. The van der Waals surface area contributed by atoms with E-state index >= 15 is 0 Å². The quantitative estimate of drug-likeness (QED) is 0.754. The summed E-state index contributed by atoms with van der Waals surface area (Å²) in [5, 5.41) is 9.97. The van der Waals surface area contributed by atoms with Crippen LogP contribution in [0.1, 0.15) is 17.0 Å². The van der Waals surface area contributed by atoms with Crippen molar-refractivity contribution >= 4 is 38.9 Å². The van der Waals surface area contributed by atoms with Gasteiger partial charge >= 0.3 is 0 Å². The van der Waals surface area contributed by atoms with Gasteiger partial charge < -0.3 is 4.90 Å². The van der Waals surface area contributed by atoms with E-state index in [4.69, 9.17) is 23.2 Å². The molecule has 0 saturated carbocycles. The second-order valence-corrected chi connectivity index (χ2v) is 9.07. The van der Waals surface area contributed by atoms with Crippen molar-refractivity contribution in [3.8, 4) is 6.07 Å². The highest BCUT2D eigenvalue weighted by atomic mass is 35.5. The van der Waals surface area contributed by atoms with Crippen molar-refractivity contribution < 1.29 is 8.42 Å². The number of nitriles is 1. The Balaban J connectivity index is 1.81. The zero-order valence-electron chi connectivity index (χ0n) is 14.9. The molecule has 1 aromatic carbocycles. The maximum Gasteiger partial charge on any atom is 0.243 e. The van der Waals surface area contributed by atoms with Gasteiger partial charge in [-0.15, -0.1) is 0 Å². The third kappa shape index (κ3) is 3.90. The maximum atomic E-state index is 12.9. The minimum atomic E-state index is -3.65. The fourth-order valence-electron chi connectivity index (χ4n) is 3.15. The van der Waals surface area contributed by atoms with E-state index in [1.165, 1.54) is 22.5 Å². The Morgan fingerprint density at radius 1 is 1.07 bits per heavy atom. The Morgan fingerprint density at radius 2 is 1.74 bits per heavy atom. The predicted molar refractivity (Wildman–Crippen MR) is 106 cm³/mol. The SMILES string of the molecule is Cc1cc(N2CCN(S(=O)(=O)c3ccc(Cl)c(Cl)c3)CC2)c(C#N)c(C)n1. The van der Waals surface area contributed by atoms with Crippen LogP contribution in [0.3, 0.4) is 0 Å². The molecule has 1 aliphatic heterocycles. The zero-order chi connectivity index (χ0) is 19.8. The Kier molecular flexibility index (Phi) is 5.63. The summed E-state index contributed by atoms with van der Waals surface area (Å²) in [5.74, 6) is 0. The van der Waals surface area contributed by atoms with Crippen molar-refractivity contribution in [2.24, 2.45) is 0 Å². The Hall–Kier alpha value is -1.85. The minimum Gasteiger partial charge on any atom is -0.368 e. The summed E-state index contributed by atoms with van der Waals surface area (Å²) < 4.78 is 27.2. The smallest absolute Gasteiger partial charge is 0.243 e. The van der Waals surface area contributed by atoms with Gasteiger partial charge in [0.15, 0.2) is 0 Å². The van der Waals surface area contributed by atoms with Gasteiger partial charge in [0.25, 0.3) is 0 Å². The van der Waals surface area contributed by atoms with Crippen molar-refractivity contribution in [2.45, 2.75) is 18.7 Å². The number of rotatable bonds is 3. The van der Waals surface area contributed by atoms with Crippen LogP contribution in [-0.2, 0) is 10.0 Å². The topological polar surface area (TPSA) is 77.3 Å². The van der Waals surface area contributed by atoms with Crippen molar-refractivity contribution in [3.05, 3.63) is 51.3 Å². The van der Waals surface area contributed by atoms with E-state index in [2.05, 4.69) is 11.1 Å². The number of pyridine rings is 1. The third-order valence-corrected chi connectivity index (χ3v) is 7.16. The molecular formula is C18H18Cl2N4O2S.